The van der Waals surface area contributed by atoms with Gasteiger partial charge in [-0.2, -0.15) is 5.10 Å². The zero-order valence-electron chi connectivity index (χ0n) is 10.6. The molecule has 0 bridgehead atoms. The van der Waals surface area contributed by atoms with Gasteiger partial charge in [-0.05, 0) is 31.7 Å². The molecule has 1 aliphatic rings. The Morgan fingerprint density at radius 3 is 2.88 bits per heavy atom. The molecule has 4 heteroatoms. The largest absolute Gasteiger partial charge is 0.351 e. The lowest BCUT2D eigenvalue weighted by molar-refractivity contribution is -0.125. The van der Waals surface area contributed by atoms with Crippen molar-refractivity contribution in [3.63, 3.8) is 0 Å². The number of nitrogens with one attached hydrogen (secondary N) is 1. The Kier molecular flexibility index (Phi) is 3.82. The van der Waals surface area contributed by atoms with Crippen molar-refractivity contribution in [3.05, 3.63) is 18.5 Å². The highest BCUT2D eigenvalue weighted by molar-refractivity contribution is 5.80. The molecule has 0 aliphatic heterocycles. The van der Waals surface area contributed by atoms with Gasteiger partial charge in [-0.1, -0.05) is 19.8 Å². The minimum absolute atomic E-state index is 0.0763. The first-order valence-electron chi connectivity index (χ1n) is 6.48. The van der Waals surface area contributed by atoms with Gasteiger partial charge >= 0.3 is 0 Å². The van der Waals surface area contributed by atoms with Gasteiger partial charge in [-0.15, -0.1) is 0 Å². The van der Waals surface area contributed by atoms with E-state index in [1.165, 1.54) is 19.3 Å². The third-order valence-electron chi connectivity index (χ3n) is 3.74. The molecule has 2 rings (SSSR count). The number of aromatic nitrogens is 2. The van der Waals surface area contributed by atoms with E-state index < -0.39 is 0 Å². The summed E-state index contributed by atoms with van der Waals surface area (Å²) in [4.78, 5) is 12.1. The molecule has 1 aromatic rings. The van der Waals surface area contributed by atoms with Gasteiger partial charge < -0.3 is 5.32 Å². The van der Waals surface area contributed by atoms with Crippen LogP contribution in [0.1, 0.15) is 45.6 Å². The van der Waals surface area contributed by atoms with Crippen molar-refractivity contribution in [2.75, 3.05) is 0 Å². The van der Waals surface area contributed by atoms with Crippen LogP contribution in [0.5, 0.6) is 0 Å². The van der Waals surface area contributed by atoms with Crippen LogP contribution in [-0.4, -0.2) is 21.7 Å². The molecule has 0 saturated heterocycles. The molecule has 1 heterocycles. The van der Waals surface area contributed by atoms with Gasteiger partial charge in [0, 0.05) is 18.4 Å². The average Bonchev–Trinajstić information content (AvgIpc) is 2.84. The molecule has 94 valence electrons. The van der Waals surface area contributed by atoms with E-state index in [4.69, 9.17) is 0 Å². The molecule has 0 spiro atoms. The maximum Gasteiger partial charge on any atom is 0.244 e. The van der Waals surface area contributed by atoms with Crippen molar-refractivity contribution in [2.24, 2.45) is 5.92 Å². The van der Waals surface area contributed by atoms with Crippen molar-refractivity contribution in [1.29, 1.82) is 0 Å². The first-order chi connectivity index (χ1) is 8.18. The SMILES string of the molecule is CC1CCCCC1NC(=O)C(C)n1cccn1. The van der Waals surface area contributed by atoms with Crippen LogP contribution < -0.4 is 5.32 Å². The second-order valence-corrected chi connectivity index (χ2v) is 5.04. The summed E-state index contributed by atoms with van der Waals surface area (Å²) in [6, 6.07) is 1.96. The van der Waals surface area contributed by atoms with Crippen LogP contribution in [0.4, 0.5) is 0 Å². The summed E-state index contributed by atoms with van der Waals surface area (Å²) >= 11 is 0. The summed E-state index contributed by atoms with van der Waals surface area (Å²) < 4.78 is 1.70. The van der Waals surface area contributed by atoms with E-state index in [-0.39, 0.29) is 11.9 Å². The maximum absolute atomic E-state index is 12.1. The Labute approximate surface area is 102 Å². The molecular weight excluding hydrogens is 214 g/mol. The van der Waals surface area contributed by atoms with Crippen LogP contribution in [-0.2, 0) is 4.79 Å². The number of nitrogens with zero attached hydrogens (tertiary/aromatic N) is 2. The first-order valence-corrected chi connectivity index (χ1v) is 6.48. The molecular formula is C13H21N3O. The van der Waals surface area contributed by atoms with Gasteiger partial charge in [-0.3, -0.25) is 9.48 Å². The lowest BCUT2D eigenvalue weighted by atomic mass is 9.86. The summed E-state index contributed by atoms with van der Waals surface area (Å²) in [7, 11) is 0. The van der Waals surface area contributed by atoms with Crippen molar-refractivity contribution in [2.45, 2.75) is 51.6 Å². The zero-order valence-corrected chi connectivity index (χ0v) is 10.6. The lowest BCUT2D eigenvalue weighted by Gasteiger charge is -2.30. The molecule has 3 atom stereocenters. The molecule has 1 aromatic heterocycles. The van der Waals surface area contributed by atoms with Crippen LogP contribution in [0.15, 0.2) is 18.5 Å². The highest BCUT2D eigenvalue weighted by Gasteiger charge is 2.25. The van der Waals surface area contributed by atoms with Crippen LogP contribution in [0.25, 0.3) is 0 Å². The van der Waals surface area contributed by atoms with E-state index in [9.17, 15) is 4.79 Å². The van der Waals surface area contributed by atoms with Gasteiger partial charge in [0.15, 0.2) is 0 Å². The van der Waals surface area contributed by atoms with E-state index in [0.29, 0.717) is 12.0 Å². The standard InChI is InChI=1S/C13H21N3O/c1-10-6-3-4-7-12(10)15-13(17)11(2)16-9-5-8-14-16/h5,8-12H,3-4,6-7H2,1-2H3,(H,15,17). The molecule has 0 radical (unpaired) electrons. The van der Waals surface area contributed by atoms with E-state index in [1.54, 1.807) is 10.9 Å². The molecule has 17 heavy (non-hydrogen) atoms. The summed E-state index contributed by atoms with van der Waals surface area (Å²) in [5.74, 6) is 0.671. The number of amides is 1. The highest BCUT2D eigenvalue weighted by atomic mass is 16.2. The summed E-state index contributed by atoms with van der Waals surface area (Å²) in [5, 5.41) is 7.26. The first kappa shape index (κ1) is 12.1. The van der Waals surface area contributed by atoms with Crippen molar-refractivity contribution in [1.82, 2.24) is 15.1 Å². The van der Waals surface area contributed by atoms with Gasteiger partial charge in [0.2, 0.25) is 5.91 Å². The van der Waals surface area contributed by atoms with Crippen LogP contribution in [0, 0.1) is 5.92 Å². The molecule has 0 aromatic carbocycles. The van der Waals surface area contributed by atoms with E-state index >= 15 is 0 Å². The smallest absolute Gasteiger partial charge is 0.244 e. The third-order valence-corrected chi connectivity index (χ3v) is 3.74. The van der Waals surface area contributed by atoms with Crippen LogP contribution in [0.2, 0.25) is 0 Å². The normalized spacial score (nSPS) is 26.5. The van der Waals surface area contributed by atoms with E-state index in [0.717, 1.165) is 6.42 Å². The number of rotatable bonds is 3. The summed E-state index contributed by atoms with van der Waals surface area (Å²) in [6.45, 7) is 4.11. The van der Waals surface area contributed by atoms with E-state index in [2.05, 4.69) is 17.3 Å². The summed E-state index contributed by atoms with van der Waals surface area (Å²) in [5.41, 5.74) is 0. The number of hydrogen-bond donors (Lipinski definition) is 1. The van der Waals surface area contributed by atoms with Gasteiger partial charge in [0.1, 0.15) is 6.04 Å². The molecule has 1 aliphatic carbocycles. The Hall–Kier alpha value is -1.32. The minimum Gasteiger partial charge on any atom is -0.351 e. The van der Waals surface area contributed by atoms with Gasteiger partial charge in [-0.25, -0.2) is 0 Å². The summed E-state index contributed by atoms with van der Waals surface area (Å²) in [6.07, 6.45) is 8.38. The maximum atomic E-state index is 12.1. The Morgan fingerprint density at radius 1 is 1.47 bits per heavy atom. The fourth-order valence-electron chi connectivity index (χ4n) is 2.46. The van der Waals surface area contributed by atoms with Gasteiger partial charge in [0.05, 0.1) is 0 Å². The number of hydrogen-bond acceptors (Lipinski definition) is 2. The minimum atomic E-state index is -0.223. The molecule has 1 saturated carbocycles. The molecule has 4 nitrogen and oxygen atoms in total. The van der Waals surface area contributed by atoms with Crippen molar-refractivity contribution >= 4 is 5.91 Å². The molecule has 3 unspecified atom stereocenters. The lowest BCUT2D eigenvalue weighted by Crippen LogP contribution is -2.43. The fourth-order valence-corrected chi connectivity index (χ4v) is 2.46. The monoisotopic (exact) mass is 235 g/mol. The Balaban J connectivity index is 1.92. The molecule has 1 amide bonds. The topological polar surface area (TPSA) is 46.9 Å². The van der Waals surface area contributed by atoms with Gasteiger partial charge in [0.25, 0.3) is 0 Å². The fraction of sp³-hybridized carbons (Fsp3) is 0.692. The highest BCUT2D eigenvalue weighted by Crippen LogP contribution is 2.24. The second-order valence-electron chi connectivity index (χ2n) is 5.04. The number of carbonyl (C=O) groups is 1. The third kappa shape index (κ3) is 2.87. The quantitative estimate of drug-likeness (QED) is 0.872. The predicted octanol–water partition coefficient (Wildman–Crippen LogP) is 2.14. The molecule has 1 N–H and O–H groups in total. The van der Waals surface area contributed by atoms with Crippen LogP contribution in [0.3, 0.4) is 0 Å². The Morgan fingerprint density at radius 2 is 2.24 bits per heavy atom. The molecule has 1 fully saturated rings. The zero-order chi connectivity index (χ0) is 12.3. The van der Waals surface area contributed by atoms with Crippen LogP contribution >= 0.6 is 0 Å². The predicted molar refractivity (Wildman–Crippen MR) is 66.5 cm³/mol. The van der Waals surface area contributed by atoms with E-state index in [1.807, 2.05) is 19.2 Å². The van der Waals surface area contributed by atoms with Crippen molar-refractivity contribution in [3.8, 4) is 0 Å². The Bertz CT molecular complexity index is 361. The van der Waals surface area contributed by atoms with Crippen molar-refractivity contribution < 1.29 is 4.79 Å². The number of carbonyl (C=O) groups excluding carboxylic acids is 1. The second kappa shape index (κ2) is 5.34. The average molecular weight is 235 g/mol.